The van der Waals surface area contributed by atoms with E-state index in [1.165, 1.54) is 18.5 Å². The van der Waals surface area contributed by atoms with Crippen LogP contribution in [-0.2, 0) is 0 Å². The molecule has 0 spiro atoms. The number of nitrogens with zero attached hydrogens (tertiary/aromatic N) is 3. The summed E-state index contributed by atoms with van der Waals surface area (Å²) in [6.07, 6.45) is 2.44. The summed E-state index contributed by atoms with van der Waals surface area (Å²) in [5.41, 5.74) is 3.10. The van der Waals surface area contributed by atoms with E-state index < -0.39 is 0 Å². The highest BCUT2D eigenvalue weighted by Gasteiger charge is 2.40. The second-order valence-corrected chi connectivity index (χ2v) is 6.68. The summed E-state index contributed by atoms with van der Waals surface area (Å²) in [6.45, 7) is 6.89. The summed E-state index contributed by atoms with van der Waals surface area (Å²) in [4.78, 5) is 28.0. The molecule has 3 amide bonds. The van der Waals surface area contributed by atoms with Crippen LogP contribution in [0.1, 0.15) is 40.6 Å². The number of rotatable bonds is 3. The van der Waals surface area contributed by atoms with Crippen LogP contribution in [0.5, 0.6) is 0 Å². The van der Waals surface area contributed by atoms with Crippen LogP contribution in [0.25, 0.3) is 0 Å². The molecule has 1 aliphatic carbocycles. The lowest BCUT2D eigenvalue weighted by Crippen LogP contribution is -2.61. The quantitative estimate of drug-likeness (QED) is 0.914. The molecule has 0 radical (unpaired) electrons. The molecule has 3 aliphatic rings. The van der Waals surface area contributed by atoms with Gasteiger partial charge in [-0.2, -0.15) is 0 Å². The highest BCUT2D eigenvalue weighted by molar-refractivity contribution is 5.96. The Kier molecular flexibility index (Phi) is 2.96. The van der Waals surface area contributed by atoms with E-state index in [2.05, 4.69) is 16.8 Å². The minimum absolute atomic E-state index is 0.00371. The zero-order chi connectivity index (χ0) is 15.4. The molecule has 0 atom stereocenters. The molecular formula is C16H22N4O2. The summed E-state index contributed by atoms with van der Waals surface area (Å²) in [6, 6.07) is 2.80. The van der Waals surface area contributed by atoms with Crippen molar-refractivity contribution >= 4 is 11.9 Å². The fourth-order valence-corrected chi connectivity index (χ4v) is 3.71. The van der Waals surface area contributed by atoms with Crippen molar-refractivity contribution in [1.82, 2.24) is 19.7 Å². The van der Waals surface area contributed by atoms with Crippen LogP contribution in [0.2, 0.25) is 0 Å². The number of aryl methyl sites for hydroxylation is 1. The predicted octanol–water partition coefficient (Wildman–Crippen LogP) is 1.29. The van der Waals surface area contributed by atoms with Crippen molar-refractivity contribution in [2.45, 2.75) is 38.8 Å². The van der Waals surface area contributed by atoms with Crippen LogP contribution in [0.15, 0.2) is 6.07 Å². The molecule has 1 aromatic heterocycles. The van der Waals surface area contributed by atoms with Gasteiger partial charge in [0.1, 0.15) is 0 Å². The molecule has 0 unspecified atom stereocenters. The number of carbonyl (C=O) groups is 2. The Balaban J connectivity index is 1.45. The number of carbonyl (C=O) groups excluding carboxylic acids is 2. The van der Waals surface area contributed by atoms with E-state index in [9.17, 15) is 9.59 Å². The van der Waals surface area contributed by atoms with Crippen LogP contribution in [0.3, 0.4) is 0 Å². The zero-order valence-corrected chi connectivity index (χ0v) is 13.1. The summed E-state index contributed by atoms with van der Waals surface area (Å²) in [5, 5.41) is 2.81. The van der Waals surface area contributed by atoms with E-state index in [1.807, 2.05) is 22.8 Å². The first-order valence-corrected chi connectivity index (χ1v) is 8.08. The maximum absolute atomic E-state index is 12.7. The van der Waals surface area contributed by atoms with Crippen LogP contribution >= 0.6 is 0 Å². The lowest BCUT2D eigenvalue weighted by atomic mass is 10.1. The number of urea groups is 1. The molecule has 0 bridgehead atoms. The Hall–Kier alpha value is -1.98. The van der Waals surface area contributed by atoms with Gasteiger partial charge in [0.05, 0.1) is 11.6 Å². The normalized spacial score (nSPS) is 22.0. The van der Waals surface area contributed by atoms with Gasteiger partial charge < -0.3 is 19.7 Å². The van der Waals surface area contributed by atoms with Gasteiger partial charge in [0, 0.05) is 43.6 Å². The largest absolute Gasteiger partial charge is 0.345 e. The van der Waals surface area contributed by atoms with Gasteiger partial charge in [0.2, 0.25) is 0 Å². The number of hydrogen-bond donors (Lipinski definition) is 1. The van der Waals surface area contributed by atoms with Crippen LogP contribution in [0, 0.1) is 13.8 Å². The number of aromatic nitrogens is 1. The van der Waals surface area contributed by atoms with E-state index in [0.717, 1.165) is 17.8 Å². The van der Waals surface area contributed by atoms with Gasteiger partial charge in [-0.15, -0.1) is 0 Å². The molecule has 1 saturated carbocycles. The smallest absolute Gasteiger partial charge is 0.317 e. The lowest BCUT2D eigenvalue weighted by molar-refractivity contribution is 0.0406. The van der Waals surface area contributed by atoms with Gasteiger partial charge in [-0.3, -0.25) is 4.79 Å². The van der Waals surface area contributed by atoms with Crippen molar-refractivity contribution in [2.24, 2.45) is 0 Å². The standard InChI is InChI=1S/C16H22N4O2/c1-10-7-14(11(2)20(10)12-3-4-12)15(21)18-8-13(9-18)19-6-5-17-16(19)22/h7,12-13H,3-6,8-9H2,1-2H3,(H,17,22). The molecule has 1 N–H and O–H groups in total. The molecule has 1 aromatic rings. The number of hydrogen-bond acceptors (Lipinski definition) is 2. The van der Waals surface area contributed by atoms with Crippen molar-refractivity contribution < 1.29 is 9.59 Å². The van der Waals surface area contributed by atoms with Crippen LogP contribution in [0.4, 0.5) is 4.79 Å². The second kappa shape index (κ2) is 4.76. The Morgan fingerprint density at radius 2 is 1.95 bits per heavy atom. The minimum atomic E-state index is 0.00371. The fourth-order valence-electron chi connectivity index (χ4n) is 3.71. The third kappa shape index (κ3) is 2.01. The van der Waals surface area contributed by atoms with Crippen molar-refractivity contribution in [3.63, 3.8) is 0 Å². The van der Waals surface area contributed by atoms with Crippen molar-refractivity contribution in [2.75, 3.05) is 26.2 Å². The molecule has 0 aromatic carbocycles. The van der Waals surface area contributed by atoms with Gasteiger partial charge >= 0.3 is 6.03 Å². The van der Waals surface area contributed by atoms with E-state index in [-0.39, 0.29) is 18.0 Å². The molecule has 118 valence electrons. The zero-order valence-electron chi connectivity index (χ0n) is 13.1. The molecule has 22 heavy (non-hydrogen) atoms. The highest BCUT2D eigenvalue weighted by atomic mass is 16.2. The van der Waals surface area contributed by atoms with E-state index in [1.54, 1.807) is 0 Å². The second-order valence-electron chi connectivity index (χ2n) is 6.68. The number of nitrogens with one attached hydrogen (secondary N) is 1. The molecule has 2 aliphatic heterocycles. The Bertz CT molecular complexity index is 641. The van der Waals surface area contributed by atoms with Gasteiger partial charge in [0.15, 0.2) is 0 Å². The van der Waals surface area contributed by atoms with Gasteiger partial charge in [0.25, 0.3) is 5.91 Å². The summed E-state index contributed by atoms with van der Waals surface area (Å²) in [5.74, 6) is 0.107. The molecule has 2 saturated heterocycles. The molecule has 3 heterocycles. The van der Waals surface area contributed by atoms with Crippen molar-refractivity contribution in [3.05, 3.63) is 23.0 Å². The monoisotopic (exact) mass is 302 g/mol. The van der Waals surface area contributed by atoms with Gasteiger partial charge in [-0.1, -0.05) is 0 Å². The SMILES string of the molecule is Cc1cc(C(=O)N2CC(N3CCNC3=O)C2)c(C)n1C1CC1. The molecule has 4 rings (SSSR count). The topological polar surface area (TPSA) is 57.6 Å². The summed E-state index contributed by atoms with van der Waals surface area (Å²) < 4.78 is 2.30. The van der Waals surface area contributed by atoms with Gasteiger partial charge in [-0.25, -0.2) is 4.79 Å². The molecular weight excluding hydrogens is 280 g/mol. The maximum atomic E-state index is 12.7. The number of amides is 3. The number of likely N-dealkylation sites (tertiary alicyclic amines) is 1. The van der Waals surface area contributed by atoms with Gasteiger partial charge in [-0.05, 0) is 32.8 Å². The highest BCUT2D eigenvalue weighted by Crippen LogP contribution is 2.38. The maximum Gasteiger partial charge on any atom is 0.317 e. The first-order valence-electron chi connectivity index (χ1n) is 8.08. The van der Waals surface area contributed by atoms with Crippen LogP contribution < -0.4 is 5.32 Å². The summed E-state index contributed by atoms with van der Waals surface area (Å²) in [7, 11) is 0. The average molecular weight is 302 g/mol. The first-order chi connectivity index (χ1) is 10.6. The van der Waals surface area contributed by atoms with Crippen LogP contribution in [-0.4, -0.2) is 58.5 Å². The summed E-state index contributed by atoms with van der Waals surface area (Å²) >= 11 is 0. The predicted molar refractivity (Wildman–Crippen MR) is 82.0 cm³/mol. The molecule has 6 nitrogen and oxygen atoms in total. The third-order valence-corrected chi connectivity index (χ3v) is 5.11. The third-order valence-electron chi connectivity index (χ3n) is 5.11. The van der Waals surface area contributed by atoms with E-state index >= 15 is 0 Å². The van der Waals surface area contributed by atoms with E-state index in [4.69, 9.17) is 0 Å². The Morgan fingerprint density at radius 1 is 1.23 bits per heavy atom. The fraction of sp³-hybridized carbons (Fsp3) is 0.625. The lowest BCUT2D eigenvalue weighted by Gasteiger charge is -2.43. The molecule has 3 fully saturated rings. The van der Waals surface area contributed by atoms with Crippen molar-refractivity contribution in [1.29, 1.82) is 0 Å². The van der Waals surface area contributed by atoms with E-state index in [0.29, 0.717) is 25.7 Å². The average Bonchev–Trinajstić information content (AvgIpc) is 3.10. The van der Waals surface area contributed by atoms with Crippen molar-refractivity contribution in [3.8, 4) is 0 Å². The Morgan fingerprint density at radius 3 is 2.55 bits per heavy atom. The first kappa shape index (κ1) is 13.7. The Labute approximate surface area is 130 Å². The molecule has 6 heteroatoms. The minimum Gasteiger partial charge on any atom is -0.345 e.